The number of benzene rings is 4. The highest BCUT2D eigenvalue weighted by molar-refractivity contribution is 5.99. The van der Waals surface area contributed by atoms with Crippen molar-refractivity contribution in [1.82, 2.24) is 24.5 Å². The molecule has 7 aromatic rings. The Bertz CT molecular complexity index is 2770. The van der Waals surface area contributed by atoms with Crippen LogP contribution in [-0.4, -0.2) is 24.5 Å². The van der Waals surface area contributed by atoms with Gasteiger partial charge in [0.1, 0.15) is 5.52 Å². The third kappa shape index (κ3) is 6.53. The molecule has 0 saturated heterocycles. The number of fused-ring (bicyclic) bond motifs is 5. The number of hydrogen-bond acceptors (Lipinski definition) is 5. The highest BCUT2D eigenvalue weighted by Gasteiger charge is 2.37. The van der Waals surface area contributed by atoms with Crippen LogP contribution in [-0.2, 0) is 5.41 Å². The Labute approximate surface area is 334 Å². The molecular weight excluding hydrogens is 699 g/mol. The fraction of sp³-hybridized carbons (Fsp3) is 0.137. The minimum absolute atomic E-state index is 0.211. The van der Waals surface area contributed by atoms with E-state index in [0.29, 0.717) is 17.5 Å². The van der Waals surface area contributed by atoms with E-state index >= 15 is 0 Å². The standard InChI is InChI=1S/C51H45N5O/c1-9-12-23-38(10-2)56-34(6)40(29-33(5)48-53-49(35-19-15-13-16-20-35)55-50(54-48)36-21-17-14-18-22-36)41(45(56)11-3)28-32(4)37-24-25-39-43(30-37)51(7,8)42-26-27-44-47(46(39)42)57-31-52-44/h9-31H,2-3H2,1,4-8H3/b12-9-,32-28+,33-29+,38-23+. The van der Waals surface area contributed by atoms with Gasteiger partial charge >= 0.3 is 0 Å². The minimum atomic E-state index is -0.211. The monoisotopic (exact) mass is 743 g/mol. The molecule has 280 valence electrons. The number of nitrogens with zero attached hydrogens (tertiary/aromatic N) is 5. The molecule has 0 N–H and O–H groups in total. The molecular formula is C51H45N5O. The van der Waals surface area contributed by atoms with Crippen molar-refractivity contribution in [2.75, 3.05) is 0 Å². The zero-order chi connectivity index (χ0) is 39.8. The minimum Gasteiger partial charge on any atom is -0.443 e. The highest BCUT2D eigenvalue weighted by atomic mass is 16.3. The van der Waals surface area contributed by atoms with Gasteiger partial charge in [0.2, 0.25) is 0 Å². The van der Waals surface area contributed by atoms with Crippen molar-refractivity contribution in [2.45, 2.75) is 47.0 Å². The molecule has 0 unspecified atom stereocenters. The van der Waals surface area contributed by atoms with Crippen LogP contribution in [0.25, 0.3) is 80.1 Å². The van der Waals surface area contributed by atoms with Crippen LogP contribution in [0.2, 0.25) is 0 Å². The van der Waals surface area contributed by atoms with Crippen LogP contribution >= 0.6 is 0 Å². The van der Waals surface area contributed by atoms with E-state index in [2.05, 4.69) is 106 Å². The quantitative estimate of drug-likeness (QED) is 0.130. The Morgan fingerprint density at radius 3 is 2.07 bits per heavy atom. The summed E-state index contributed by atoms with van der Waals surface area (Å²) >= 11 is 0. The lowest BCUT2D eigenvalue weighted by atomic mass is 9.81. The SMILES string of the molecule is C=C/C(=C\C=C/C)n1c(C)c(/C=C(\C)c2nc(-c3ccccc3)nc(-c3ccccc3)n2)c(/C=C(\C)c2ccc3c(c2)C(C)(C)c2ccc4ncoc4c2-3)c1C=C. The van der Waals surface area contributed by atoms with Gasteiger partial charge in [-0.1, -0.05) is 118 Å². The summed E-state index contributed by atoms with van der Waals surface area (Å²) in [7, 11) is 0. The van der Waals surface area contributed by atoms with Crippen molar-refractivity contribution in [1.29, 1.82) is 0 Å². The van der Waals surface area contributed by atoms with E-state index in [-0.39, 0.29) is 5.41 Å². The Morgan fingerprint density at radius 1 is 0.772 bits per heavy atom. The summed E-state index contributed by atoms with van der Waals surface area (Å²) in [6.45, 7) is 21.5. The van der Waals surface area contributed by atoms with E-state index in [1.807, 2.05) is 91.9 Å². The topological polar surface area (TPSA) is 69.6 Å². The lowest BCUT2D eigenvalue weighted by molar-refractivity contribution is 0.601. The van der Waals surface area contributed by atoms with Crippen molar-refractivity contribution in [3.63, 3.8) is 0 Å². The van der Waals surface area contributed by atoms with Crippen molar-refractivity contribution >= 4 is 46.2 Å². The third-order valence-corrected chi connectivity index (χ3v) is 11.0. The second-order valence-corrected chi connectivity index (χ2v) is 14.9. The molecule has 1 aliphatic carbocycles. The maximum atomic E-state index is 5.93. The summed E-state index contributed by atoms with van der Waals surface area (Å²) in [5, 5.41) is 0. The van der Waals surface area contributed by atoms with Crippen LogP contribution in [0.3, 0.4) is 0 Å². The molecule has 3 aromatic heterocycles. The number of rotatable bonds is 10. The molecule has 0 spiro atoms. The van der Waals surface area contributed by atoms with Gasteiger partial charge in [-0.15, -0.1) is 0 Å². The summed E-state index contributed by atoms with van der Waals surface area (Å²) in [4.78, 5) is 19.4. The Kier molecular flexibility index (Phi) is 9.72. The second-order valence-electron chi connectivity index (χ2n) is 14.9. The fourth-order valence-electron chi connectivity index (χ4n) is 8.00. The first kappa shape index (κ1) is 37.0. The van der Waals surface area contributed by atoms with E-state index in [0.717, 1.165) is 72.7 Å². The van der Waals surface area contributed by atoms with Gasteiger partial charge in [0, 0.05) is 44.6 Å². The number of allylic oxidation sites excluding steroid dienone is 7. The lowest BCUT2D eigenvalue weighted by Crippen LogP contribution is -2.15. The first-order valence-corrected chi connectivity index (χ1v) is 19.2. The summed E-state index contributed by atoms with van der Waals surface area (Å²) in [6, 6.07) is 31.2. The molecule has 0 amide bonds. The first-order chi connectivity index (χ1) is 27.6. The average molecular weight is 744 g/mol. The second kappa shape index (κ2) is 15.0. The van der Waals surface area contributed by atoms with Gasteiger partial charge in [0.15, 0.2) is 29.4 Å². The van der Waals surface area contributed by atoms with Crippen molar-refractivity contribution < 1.29 is 4.42 Å². The molecule has 0 fully saturated rings. The Morgan fingerprint density at radius 2 is 1.44 bits per heavy atom. The molecule has 3 heterocycles. The van der Waals surface area contributed by atoms with Crippen LogP contribution in [0, 0.1) is 6.92 Å². The smallest absolute Gasteiger partial charge is 0.182 e. The van der Waals surface area contributed by atoms with Gasteiger partial charge in [0.05, 0.1) is 5.69 Å². The maximum absolute atomic E-state index is 5.93. The van der Waals surface area contributed by atoms with Gasteiger partial charge in [-0.05, 0) is 104 Å². The highest BCUT2D eigenvalue weighted by Crippen LogP contribution is 2.51. The first-order valence-electron chi connectivity index (χ1n) is 19.2. The lowest BCUT2D eigenvalue weighted by Gasteiger charge is -2.22. The van der Waals surface area contributed by atoms with Crippen molar-refractivity contribution in [2.24, 2.45) is 0 Å². The van der Waals surface area contributed by atoms with Crippen LogP contribution < -0.4 is 0 Å². The predicted molar refractivity (Wildman–Crippen MR) is 238 cm³/mol. The van der Waals surface area contributed by atoms with Gasteiger partial charge in [-0.2, -0.15) is 0 Å². The molecule has 0 atom stereocenters. The molecule has 4 aromatic carbocycles. The number of oxazole rings is 1. The zero-order valence-corrected chi connectivity index (χ0v) is 33.3. The maximum Gasteiger partial charge on any atom is 0.182 e. The molecule has 6 nitrogen and oxygen atoms in total. The summed E-state index contributed by atoms with van der Waals surface area (Å²) in [5.74, 6) is 1.85. The number of hydrogen-bond donors (Lipinski definition) is 0. The zero-order valence-electron chi connectivity index (χ0n) is 33.3. The van der Waals surface area contributed by atoms with Crippen LogP contribution in [0.5, 0.6) is 0 Å². The van der Waals surface area contributed by atoms with Crippen LogP contribution in [0.4, 0.5) is 0 Å². The van der Waals surface area contributed by atoms with E-state index in [1.165, 1.54) is 23.1 Å². The van der Waals surface area contributed by atoms with E-state index in [9.17, 15) is 0 Å². The molecule has 0 saturated carbocycles. The van der Waals surface area contributed by atoms with Crippen LogP contribution in [0.1, 0.15) is 79.6 Å². The average Bonchev–Trinajstić information content (AvgIpc) is 3.89. The summed E-state index contributed by atoms with van der Waals surface area (Å²) in [6.07, 6.45) is 15.9. The van der Waals surface area contributed by atoms with E-state index in [4.69, 9.17) is 19.4 Å². The van der Waals surface area contributed by atoms with Gasteiger partial charge < -0.3 is 8.98 Å². The molecule has 0 aliphatic heterocycles. The molecule has 0 radical (unpaired) electrons. The fourth-order valence-corrected chi connectivity index (χ4v) is 8.00. The predicted octanol–water partition coefficient (Wildman–Crippen LogP) is 13.1. The van der Waals surface area contributed by atoms with E-state index in [1.54, 1.807) is 0 Å². The van der Waals surface area contributed by atoms with Gasteiger partial charge in [-0.25, -0.2) is 19.9 Å². The van der Waals surface area contributed by atoms with Crippen molar-refractivity contribution in [3.05, 3.63) is 180 Å². The summed E-state index contributed by atoms with van der Waals surface area (Å²) < 4.78 is 8.15. The molecule has 6 heteroatoms. The van der Waals surface area contributed by atoms with Crippen LogP contribution in [0.15, 0.2) is 139 Å². The molecule has 57 heavy (non-hydrogen) atoms. The Hall–Kier alpha value is -6.92. The van der Waals surface area contributed by atoms with Gasteiger partial charge in [-0.3, -0.25) is 0 Å². The normalized spacial score (nSPS) is 14.0. The molecule has 0 bridgehead atoms. The molecule has 1 aliphatic rings. The Balaban J connectivity index is 1.30. The van der Waals surface area contributed by atoms with Crippen molar-refractivity contribution in [3.8, 4) is 33.9 Å². The third-order valence-electron chi connectivity index (χ3n) is 11.0. The van der Waals surface area contributed by atoms with E-state index < -0.39 is 0 Å². The summed E-state index contributed by atoms with van der Waals surface area (Å²) in [5.41, 5.74) is 16.4. The largest absolute Gasteiger partial charge is 0.443 e. The van der Waals surface area contributed by atoms with Gasteiger partial charge in [0.25, 0.3) is 0 Å². The number of aromatic nitrogens is 5. The molecule has 8 rings (SSSR count).